The molecule has 4 rings (SSSR count). The number of amides is 2. The molecule has 0 heterocycles. The van der Waals surface area contributed by atoms with E-state index < -0.39 is 69.7 Å². The number of anilines is 2. The molecule has 13 nitrogen and oxygen atoms in total. The molecule has 0 saturated heterocycles. The fraction of sp³-hybridized carbons (Fsp3) is 0.517. The Labute approximate surface area is 243 Å². The first-order valence-electron chi connectivity index (χ1n) is 13.6. The van der Waals surface area contributed by atoms with Crippen LogP contribution in [0.15, 0.2) is 28.7 Å². The molecule has 1 aromatic rings. The van der Waals surface area contributed by atoms with E-state index in [9.17, 15) is 39.6 Å². The van der Waals surface area contributed by atoms with Crippen LogP contribution >= 0.6 is 0 Å². The number of benzene rings is 1. The summed E-state index contributed by atoms with van der Waals surface area (Å²) in [5.41, 5.74) is 1.96. The maximum Gasteiger partial charge on any atom is 0.255 e. The lowest BCUT2D eigenvalue weighted by atomic mass is 9.58. The third kappa shape index (κ3) is 4.80. The molecular formula is C29H39N5O8. The number of aromatic hydroxyl groups is 1. The van der Waals surface area contributed by atoms with Gasteiger partial charge in [-0.25, -0.2) is 0 Å². The van der Waals surface area contributed by atoms with Gasteiger partial charge in [-0.3, -0.25) is 24.1 Å². The van der Waals surface area contributed by atoms with Gasteiger partial charge in [0.1, 0.15) is 17.1 Å². The summed E-state index contributed by atoms with van der Waals surface area (Å²) in [6.45, 7) is 5.60. The molecule has 228 valence electrons. The molecule has 0 aliphatic heterocycles. The highest BCUT2D eigenvalue weighted by Crippen LogP contribution is 2.53. The van der Waals surface area contributed by atoms with Crippen LogP contribution in [0.1, 0.15) is 43.1 Å². The number of likely N-dealkylation sites (N-methyl/N-ethyl adjacent to an activating group) is 1. The third-order valence-electron chi connectivity index (χ3n) is 8.23. The molecule has 3 aliphatic carbocycles. The zero-order valence-electron chi connectivity index (χ0n) is 24.8. The second-order valence-electron chi connectivity index (χ2n) is 12.7. The Morgan fingerprint density at radius 1 is 1.12 bits per heavy atom. The molecule has 0 bridgehead atoms. The van der Waals surface area contributed by atoms with Gasteiger partial charge in [0.25, 0.3) is 5.91 Å². The van der Waals surface area contributed by atoms with Crippen molar-refractivity contribution in [2.75, 3.05) is 45.0 Å². The van der Waals surface area contributed by atoms with Crippen LogP contribution in [0.3, 0.4) is 0 Å². The molecule has 42 heavy (non-hydrogen) atoms. The van der Waals surface area contributed by atoms with E-state index in [0.29, 0.717) is 11.3 Å². The summed E-state index contributed by atoms with van der Waals surface area (Å²) in [6, 6.07) is 0.487. The first-order chi connectivity index (χ1) is 19.3. The number of rotatable bonds is 6. The average molecular weight is 586 g/mol. The van der Waals surface area contributed by atoms with Crippen LogP contribution in [-0.4, -0.2) is 101 Å². The van der Waals surface area contributed by atoms with Crippen LogP contribution in [0.4, 0.5) is 11.4 Å². The number of aliphatic hydroxyl groups excluding tert-OH is 2. The van der Waals surface area contributed by atoms with Crippen molar-refractivity contribution in [3.8, 4) is 5.75 Å². The van der Waals surface area contributed by atoms with E-state index in [1.807, 2.05) is 20.8 Å². The lowest BCUT2D eigenvalue weighted by Gasteiger charge is -2.50. The van der Waals surface area contributed by atoms with Crippen LogP contribution in [0.25, 0.3) is 0 Å². The molecule has 0 radical (unpaired) electrons. The second kappa shape index (κ2) is 10.4. The number of Topliss-reactive ketones (excluding diaryl/α,β-unsaturated/α-hetero) is 2. The molecule has 8 N–H and O–H groups in total. The number of nitrogens with two attached hydrogens (primary N) is 1. The minimum absolute atomic E-state index is 0.0175. The maximum atomic E-state index is 14.1. The second-order valence-corrected chi connectivity index (χ2v) is 12.7. The first kappa shape index (κ1) is 31.0. The largest absolute Gasteiger partial charge is 0.510 e. The number of nitrogens with one attached hydrogen (secondary N) is 2. The minimum Gasteiger partial charge on any atom is -0.510 e. The third-order valence-corrected chi connectivity index (χ3v) is 8.23. The summed E-state index contributed by atoms with van der Waals surface area (Å²) in [5, 5.41) is 51.1. The fourth-order valence-electron chi connectivity index (χ4n) is 6.33. The van der Waals surface area contributed by atoms with Gasteiger partial charge >= 0.3 is 0 Å². The van der Waals surface area contributed by atoms with Crippen LogP contribution in [-0.2, 0) is 20.8 Å². The Kier molecular flexibility index (Phi) is 7.68. The van der Waals surface area contributed by atoms with E-state index in [2.05, 4.69) is 10.6 Å². The smallest absolute Gasteiger partial charge is 0.255 e. The van der Waals surface area contributed by atoms with Crippen molar-refractivity contribution in [1.29, 1.82) is 0 Å². The van der Waals surface area contributed by atoms with Crippen molar-refractivity contribution in [3.63, 3.8) is 0 Å². The predicted molar refractivity (Wildman–Crippen MR) is 154 cm³/mol. The zero-order chi connectivity index (χ0) is 31.6. The van der Waals surface area contributed by atoms with E-state index in [0.717, 1.165) is 0 Å². The lowest BCUT2D eigenvalue weighted by molar-refractivity contribution is -0.148. The van der Waals surface area contributed by atoms with E-state index >= 15 is 0 Å². The van der Waals surface area contributed by atoms with Crippen molar-refractivity contribution >= 4 is 34.8 Å². The van der Waals surface area contributed by atoms with E-state index in [-0.39, 0.29) is 41.7 Å². The Bertz CT molecular complexity index is 1450. The highest BCUT2D eigenvalue weighted by Gasteiger charge is 2.63. The zero-order valence-corrected chi connectivity index (χ0v) is 24.8. The van der Waals surface area contributed by atoms with Crippen LogP contribution in [0.5, 0.6) is 5.75 Å². The quantitative estimate of drug-likeness (QED) is 0.181. The van der Waals surface area contributed by atoms with Crippen LogP contribution < -0.4 is 21.3 Å². The summed E-state index contributed by atoms with van der Waals surface area (Å²) in [6.07, 6.45) is 0.117. The van der Waals surface area contributed by atoms with E-state index in [4.69, 9.17) is 5.73 Å². The van der Waals surface area contributed by atoms with Gasteiger partial charge in [0.15, 0.2) is 17.1 Å². The SMILES string of the molecule is CN(C)c1cc(NC(=O)CNC(C)(C)C)c(O)c2c1CC1CC3[C@H](N(C)C)C(O)=C(C(N)=O)C(=O)C3(O)C(O)=C1C2=O. The van der Waals surface area contributed by atoms with Crippen molar-refractivity contribution in [1.82, 2.24) is 10.2 Å². The molecule has 3 unspecified atom stereocenters. The Hall–Kier alpha value is -3.94. The monoisotopic (exact) mass is 585 g/mol. The number of fused-ring (bicyclic) bond motifs is 3. The minimum atomic E-state index is -2.73. The average Bonchev–Trinajstić information content (AvgIpc) is 2.85. The molecule has 0 fully saturated rings. The van der Waals surface area contributed by atoms with Gasteiger partial charge in [0, 0.05) is 36.8 Å². The summed E-state index contributed by atoms with van der Waals surface area (Å²) in [4.78, 5) is 55.6. The molecule has 0 aromatic heterocycles. The summed E-state index contributed by atoms with van der Waals surface area (Å²) >= 11 is 0. The standard InChI is InChI=1S/C29H39N5O8/c1-28(2,3)31-11-17(35)32-15-10-16(33(4)5)13-8-12-9-14-21(34(6)7)24(38)20(27(30)41)26(40)29(14,42)25(39)18(12)23(37)19(13)22(15)36/h10,12,14,21,31,36,38-39,42H,8-9,11H2,1-7H3,(H2,30,41)(H,32,35)/t12?,14?,21-,29?/m0/s1. The Morgan fingerprint density at radius 3 is 2.26 bits per heavy atom. The molecule has 0 saturated carbocycles. The van der Waals surface area contributed by atoms with E-state index in [1.54, 1.807) is 39.2 Å². The lowest BCUT2D eigenvalue weighted by Crippen LogP contribution is -2.63. The number of aliphatic hydroxyl groups is 3. The number of primary amides is 1. The molecule has 0 spiro atoms. The Balaban J connectivity index is 1.87. The number of carbonyl (C=O) groups is 4. The molecular weight excluding hydrogens is 546 g/mol. The molecule has 1 aromatic carbocycles. The van der Waals surface area contributed by atoms with Gasteiger partial charge in [-0.15, -0.1) is 0 Å². The number of carbonyl (C=O) groups excluding carboxylic acids is 4. The summed E-state index contributed by atoms with van der Waals surface area (Å²) in [7, 11) is 6.62. The summed E-state index contributed by atoms with van der Waals surface area (Å²) in [5.74, 6) is -7.79. The van der Waals surface area contributed by atoms with Gasteiger partial charge in [-0.1, -0.05) is 0 Å². The van der Waals surface area contributed by atoms with Gasteiger partial charge < -0.3 is 41.7 Å². The number of hydrogen-bond donors (Lipinski definition) is 7. The number of ketones is 2. The highest BCUT2D eigenvalue weighted by atomic mass is 16.3. The number of hydrogen-bond acceptors (Lipinski definition) is 11. The van der Waals surface area contributed by atoms with Gasteiger partial charge in [-0.2, -0.15) is 0 Å². The molecule has 4 atom stereocenters. The van der Waals surface area contributed by atoms with Gasteiger partial charge in [0.2, 0.25) is 11.7 Å². The van der Waals surface area contributed by atoms with Crippen molar-refractivity contribution in [2.24, 2.45) is 17.6 Å². The molecule has 13 heteroatoms. The summed E-state index contributed by atoms with van der Waals surface area (Å²) < 4.78 is 0. The number of phenols is 1. The van der Waals surface area contributed by atoms with Crippen LogP contribution in [0, 0.1) is 11.8 Å². The van der Waals surface area contributed by atoms with Gasteiger partial charge in [-0.05, 0) is 65.3 Å². The van der Waals surface area contributed by atoms with E-state index in [1.165, 1.54) is 4.90 Å². The van der Waals surface area contributed by atoms with Crippen LogP contribution in [0.2, 0.25) is 0 Å². The number of nitrogens with zero attached hydrogens (tertiary/aromatic N) is 2. The fourth-order valence-corrected chi connectivity index (χ4v) is 6.33. The van der Waals surface area contributed by atoms with Crippen molar-refractivity contribution in [2.45, 2.75) is 50.8 Å². The highest BCUT2D eigenvalue weighted by molar-refractivity contribution is 6.25. The maximum absolute atomic E-state index is 14.1. The van der Waals surface area contributed by atoms with Crippen molar-refractivity contribution in [3.05, 3.63) is 39.9 Å². The predicted octanol–water partition coefficient (Wildman–Crippen LogP) is 0.513. The first-order valence-corrected chi connectivity index (χ1v) is 13.6. The van der Waals surface area contributed by atoms with Gasteiger partial charge in [0.05, 0.1) is 23.8 Å². The molecule has 3 aliphatic rings. The topological polar surface area (TPSA) is 206 Å². The number of allylic oxidation sites excluding steroid dienone is 1. The number of phenolic OH excluding ortho intramolecular Hbond substituents is 1. The van der Waals surface area contributed by atoms with Crippen molar-refractivity contribution < 1.29 is 39.6 Å². The molecule has 2 amide bonds. The Morgan fingerprint density at radius 2 is 1.74 bits per heavy atom. The normalized spacial score (nSPS) is 25.7.